The second-order valence-electron chi connectivity index (χ2n) is 4.65. The molecule has 0 aliphatic carbocycles. The van der Waals surface area contributed by atoms with Crippen molar-refractivity contribution in [1.29, 1.82) is 0 Å². The molecule has 1 heterocycles. The van der Waals surface area contributed by atoms with Gasteiger partial charge in [0.2, 0.25) is 5.82 Å². The van der Waals surface area contributed by atoms with Crippen LogP contribution in [0.3, 0.4) is 0 Å². The molecule has 2 aromatic carbocycles. The first-order chi connectivity index (χ1) is 11.5. The number of non-ortho nitro benzene ring substituents is 1. The number of nitro groups is 2. The Balaban J connectivity index is 1.99. The Hall–Kier alpha value is -3.33. The highest BCUT2D eigenvalue weighted by Crippen LogP contribution is 2.32. The molecule has 0 bridgehead atoms. The van der Waals surface area contributed by atoms with Crippen LogP contribution in [0.15, 0.2) is 47.0 Å². The van der Waals surface area contributed by atoms with Crippen LogP contribution >= 0.6 is 11.6 Å². The van der Waals surface area contributed by atoms with Crippen LogP contribution in [0.4, 0.5) is 11.4 Å². The number of benzene rings is 2. The third-order valence-corrected chi connectivity index (χ3v) is 3.38. The van der Waals surface area contributed by atoms with E-state index in [0.29, 0.717) is 5.56 Å². The van der Waals surface area contributed by atoms with Crippen LogP contribution < -0.4 is 0 Å². The summed E-state index contributed by atoms with van der Waals surface area (Å²) in [4.78, 5) is 24.7. The van der Waals surface area contributed by atoms with Crippen LogP contribution in [0.1, 0.15) is 0 Å². The summed E-state index contributed by atoms with van der Waals surface area (Å²) in [7, 11) is 0. The highest BCUT2D eigenvalue weighted by molar-refractivity contribution is 6.30. The monoisotopic (exact) mass is 346 g/mol. The molecular formula is C14H7ClN4O5. The summed E-state index contributed by atoms with van der Waals surface area (Å²) >= 11 is 5.76. The third-order valence-electron chi connectivity index (χ3n) is 3.15. The molecule has 24 heavy (non-hydrogen) atoms. The Bertz CT molecular complexity index is 939. The van der Waals surface area contributed by atoms with E-state index in [4.69, 9.17) is 16.1 Å². The molecule has 1 aromatic heterocycles. The molecule has 0 fully saturated rings. The summed E-state index contributed by atoms with van der Waals surface area (Å²) < 4.78 is 5.07. The molecule has 0 radical (unpaired) electrons. The summed E-state index contributed by atoms with van der Waals surface area (Å²) in [6.07, 6.45) is 0. The van der Waals surface area contributed by atoms with Crippen LogP contribution in [0, 0.1) is 20.2 Å². The third kappa shape index (κ3) is 2.92. The van der Waals surface area contributed by atoms with Crippen LogP contribution in [0.5, 0.6) is 0 Å². The summed E-state index contributed by atoms with van der Waals surface area (Å²) in [5.74, 6) is 0.107. The van der Waals surface area contributed by atoms with E-state index >= 15 is 0 Å². The number of hydrogen-bond donors (Lipinski definition) is 0. The Morgan fingerprint density at radius 1 is 1.00 bits per heavy atom. The predicted molar refractivity (Wildman–Crippen MR) is 83.5 cm³/mol. The fourth-order valence-corrected chi connectivity index (χ4v) is 2.19. The molecule has 0 saturated heterocycles. The zero-order valence-corrected chi connectivity index (χ0v) is 12.5. The predicted octanol–water partition coefficient (Wildman–Crippen LogP) is 3.87. The Morgan fingerprint density at radius 3 is 2.33 bits per heavy atom. The zero-order valence-electron chi connectivity index (χ0n) is 11.7. The maximum Gasteiger partial charge on any atom is 0.283 e. The van der Waals surface area contributed by atoms with Crippen molar-refractivity contribution in [2.75, 3.05) is 0 Å². The first kappa shape index (κ1) is 15.6. The molecule has 120 valence electrons. The minimum Gasteiger partial charge on any atom is -0.333 e. The number of rotatable bonds is 4. The highest BCUT2D eigenvalue weighted by atomic mass is 35.5. The average Bonchev–Trinajstić information content (AvgIpc) is 3.04. The molecular weight excluding hydrogens is 340 g/mol. The van der Waals surface area contributed by atoms with Gasteiger partial charge in [-0.25, -0.2) is 0 Å². The molecule has 10 heteroatoms. The lowest BCUT2D eigenvalue weighted by Crippen LogP contribution is -1.92. The quantitative estimate of drug-likeness (QED) is 0.518. The number of nitro benzene ring substituents is 2. The molecule has 9 nitrogen and oxygen atoms in total. The van der Waals surface area contributed by atoms with E-state index in [1.54, 1.807) is 0 Å². The van der Waals surface area contributed by atoms with Crippen molar-refractivity contribution in [2.45, 2.75) is 0 Å². The molecule has 0 amide bonds. The molecule has 0 atom stereocenters. The van der Waals surface area contributed by atoms with Crippen molar-refractivity contribution in [2.24, 2.45) is 0 Å². The molecule has 0 saturated carbocycles. The lowest BCUT2D eigenvalue weighted by atomic mass is 10.1. The van der Waals surface area contributed by atoms with Crippen molar-refractivity contribution in [3.8, 4) is 22.8 Å². The van der Waals surface area contributed by atoms with Gasteiger partial charge in [-0.2, -0.15) is 4.98 Å². The smallest absolute Gasteiger partial charge is 0.283 e. The molecule has 0 aliphatic rings. The van der Waals surface area contributed by atoms with E-state index in [0.717, 1.165) is 0 Å². The van der Waals surface area contributed by atoms with Gasteiger partial charge in [0.15, 0.2) is 0 Å². The summed E-state index contributed by atoms with van der Waals surface area (Å²) in [6, 6.07) is 9.60. The lowest BCUT2D eigenvalue weighted by Gasteiger charge is -1.98. The zero-order chi connectivity index (χ0) is 17.3. The fourth-order valence-electron chi connectivity index (χ4n) is 2.02. The molecule has 3 aromatic rings. The van der Waals surface area contributed by atoms with Gasteiger partial charge in [0.05, 0.1) is 9.85 Å². The minimum atomic E-state index is -0.600. The van der Waals surface area contributed by atoms with Gasteiger partial charge < -0.3 is 4.52 Å². The second-order valence-corrected chi connectivity index (χ2v) is 5.08. The van der Waals surface area contributed by atoms with Crippen molar-refractivity contribution in [3.05, 3.63) is 67.7 Å². The topological polar surface area (TPSA) is 125 Å². The van der Waals surface area contributed by atoms with Gasteiger partial charge in [-0.15, -0.1) is 0 Å². The fraction of sp³-hybridized carbons (Fsp3) is 0. The second kappa shape index (κ2) is 6.05. The van der Waals surface area contributed by atoms with Crippen LogP contribution in [0.25, 0.3) is 22.8 Å². The van der Waals surface area contributed by atoms with E-state index in [9.17, 15) is 20.2 Å². The van der Waals surface area contributed by atoms with Crippen molar-refractivity contribution in [3.63, 3.8) is 0 Å². The van der Waals surface area contributed by atoms with Gasteiger partial charge in [0.25, 0.3) is 17.3 Å². The van der Waals surface area contributed by atoms with Crippen molar-refractivity contribution >= 4 is 23.0 Å². The first-order valence-electron chi connectivity index (χ1n) is 6.48. The van der Waals surface area contributed by atoms with Crippen LogP contribution in [-0.2, 0) is 0 Å². The highest BCUT2D eigenvalue weighted by Gasteiger charge is 2.21. The normalized spacial score (nSPS) is 10.5. The SMILES string of the molecule is O=[N+]([O-])c1ccc(-c2noc(-c3ccc(Cl)cc3[N+](=O)[O-])n2)cc1. The van der Waals surface area contributed by atoms with E-state index in [1.165, 1.54) is 42.5 Å². The number of nitrogens with zero attached hydrogens (tertiary/aromatic N) is 4. The van der Waals surface area contributed by atoms with Crippen molar-refractivity contribution in [1.82, 2.24) is 10.1 Å². The van der Waals surface area contributed by atoms with Gasteiger partial charge in [0.1, 0.15) is 5.56 Å². The van der Waals surface area contributed by atoms with Gasteiger partial charge in [-0.1, -0.05) is 16.8 Å². The summed E-state index contributed by atoms with van der Waals surface area (Å²) in [6.45, 7) is 0. The Kier molecular flexibility index (Phi) is 3.92. The van der Waals surface area contributed by atoms with Crippen LogP contribution in [0.2, 0.25) is 5.02 Å². The van der Waals surface area contributed by atoms with E-state index in [1.807, 2.05) is 0 Å². The number of hydrogen-bond acceptors (Lipinski definition) is 7. The summed E-state index contributed by atoms with van der Waals surface area (Å²) in [5, 5.41) is 25.7. The number of aromatic nitrogens is 2. The Labute approximate surface area is 138 Å². The maximum atomic E-state index is 11.1. The first-order valence-corrected chi connectivity index (χ1v) is 6.86. The van der Waals surface area contributed by atoms with Crippen molar-refractivity contribution < 1.29 is 14.4 Å². The molecule has 3 rings (SSSR count). The molecule has 0 aliphatic heterocycles. The van der Waals surface area contributed by atoms with E-state index in [-0.39, 0.29) is 33.7 Å². The van der Waals surface area contributed by atoms with Crippen LogP contribution in [-0.4, -0.2) is 20.0 Å². The average molecular weight is 347 g/mol. The maximum absolute atomic E-state index is 11.1. The molecule has 0 spiro atoms. The van der Waals surface area contributed by atoms with Gasteiger partial charge in [-0.3, -0.25) is 20.2 Å². The molecule has 0 N–H and O–H groups in total. The van der Waals surface area contributed by atoms with Gasteiger partial charge >= 0.3 is 0 Å². The summed E-state index contributed by atoms with van der Waals surface area (Å²) in [5.41, 5.74) is 0.273. The molecule has 0 unspecified atom stereocenters. The number of halogens is 1. The Morgan fingerprint density at radius 2 is 1.71 bits per heavy atom. The van der Waals surface area contributed by atoms with E-state index in [2.05, 4.69) is 10.1 Å². The largest absolute Gasteiger partial charge is 0.333 e. The van der Waals surface area contributed by atoms with Gasteiger partial charge in [-0.05, 0) is 24.3 Å². The van der Waals surface area contributed by atoms with E-state index < -0.39 is 9.85 Å². The van der Waals surface area contributed by atoms with Gasteiger partial charge in [0, 0.05) is 28.8 Å². The minimum absolute atomic E-state index is 0.0493. The lowest BCUT2D eigenvalue weighted by molar-refractivity contribution is -0.384. The standard InChI is InChI=1S/C14H7ClN4O5/c15-9-3-6-11(12(7-9)19(22)23)14-16-13(17-24-14)8-1-4-10(5-2-8)18(20)21/h1-7H.